The molecule has 1 aromatic rings. The standard InChI is InChI=1S/C13H18N2OS/c1-9-7-15(8-10(2)17-9)13-6-12(11(3)16)4-5-14-13/h4-6,9-10H,7-8H2,1-3H3. The highest BCUT2D eigenvalue weighted by molar-refractivity contribution is 8.00. The van der Waals surface area contributed by atoms with Crippen molar-refractivity contribution in [3.8, 4) is 0 Å². The number of carbonyl (C=O) groups excluding carboxylic acids is 1. The fourth-order valence-corrected chi connectivity index (χ4v) is 3.50. The molecule has 4 heteroatoms. The summed E-state index contributed by atoms with van der Waals surface area (Å²) < 4.78 is 0. The van der Waals surface area contributed by atoms with E-state index in [4.69, 9.17) is 0 Å². The first-order valence-corrected chi connectivity index (χ1v) is 6.88. The first-order chi connectivity index (χ1) is 8.06. The average Bonchev–Trinajstić information content (AvgIpc) is 2.28. The molecule has 0 N–H and O–H groups in total. The van der Waals surface area contributed by atoms with Gasteiger partial charge in [-0.15, -0.1) is 0 Å². The number of aromatic nitrogens is 1. The largest absolute Gasteiger partial charge is 0.354 e. The number of ketones is 1. The van der Waals surface area contributed by atoms with E-state index in [2.05, 4.69) is 23.7 Å². The highest BCUT2D eigenvalue weighted by atomic mass is 32.2. The molecule has 2 unspecified atom stereocenters. The summed E-state index contributed by atoms with van der Waals surface area (Å²) in [7, 11) is 0. The minimum atomic E-state index is 0.0983. The van der Waals surface area contributed by atoms with Crippen molar-refractivity contribution in [3.05, 3.63) is 23.9 Å². The van der Waals surface area contributed by atoms with Crippen molar-refractivity contribution < 1.29 is 4.79 Å². The van der Waals surface area contributed by atoms with Crippen molar-refractivity contribution in [1.82, 2.24) is 4.98 Å². The van der Waals surface area contributed by atoms with E-state index >= 15 is 0 Å². The number of carbonyl (C=O) groups is 1. The van der Waals surface area contributed by atoms with Crippen molar-refractivity contribution in [2.75, 3.05) is 18.0 Å². The van der Waals surface area contributed by atoms with Crippen LogP contribution in [-0.2, 0) is 0 Å². The van der Waals surface area contributed by atoms with E-state index in [-0.39, 0.29) is 5.78 Å². The summed E-state index contributed by atoms with van der Waals surface area (Å²) >= 11 is 2.01. The van der Waals surface area contributed by atoms with E-state index in [0.29, 0.717) is 10.5 Å². The molecule has 0 bridgehead atoms. The maximum absolute atomic E-state index is 11.4. The van der Waals surface area contributed by atoms with Gasteiger partial charge in [0.1, 0.15) is 5.82 Å². The second-order valence-corrected chi connectivity index (χ2v) is 6.50. The molecule has 2 rings (SSSR count). The minimum absolute atomic E-state index is 0.0983. The highest BCUT2D eigenvalue weighted by Crippen LogP contribution is 2.27. The van der Waals surface area contributed by atoms with E-state index in [1.54, 1.807) is 19.2 Å². The lowest BCUT2D eigenvalue weighted by atomic mass is 10.2. The first-order valence-electron chi connectivity index (χ1n) is 5.93. The van der Waals surface area contributed by atoms with Crippen LogP contribution in [0.25, 0.3) is 0 Å². The summed E-state index contributed by atoms with van der Waals surface area (Å²) in [6.45, 7) is 8.08. The van der Waals surface area contributed by atoms with Crippen LogP contribution in [0.4, 0.5) is 5.82 Å². The van der Waals surface area contributed by atoms with Gasteiger partial charge in [0.05, 0.1) is 0 Å². The van der Waals surface area contributed by atoms with Crippen molar-refractivity contribution in [2.45, 2.75) is 31.3 Å². The molecular weight excluding hydrogens is 232 g/mol. The minimum Gasteiger partial charge on any atom is -0.354 e. The third kappa shape index (κ3) is 3.00. The molecule has 3 nitrogen and oxygen atoms in total. The van der Waals surface area contributed by atoms with Crippen LogP contribution in [0.2, 0.25) is 0 Å². The molecule has 2 heterocycles. The summed E-state index contributed by atoms with van der Waals surface area (Å²) in [5.74, 6) is 1.03. The van der Waals surface area contributed by atoms with Crippen molar-refractivity contribution in [1.29, 1.82) is 0 Å². The third-order valence-electron chi connectivity index (χ3n) is 2.90. The Hall–Kier alpha value is -1.03. The van der Waals surface area contributed by atoms with E-state index in [1.807, 2.05) is 17.8 Å². The van der Waals surface area contributed by atoms with Crippen LogP contribution in [-0.4, -0.2) is 34.4 Å². The van der Waals surface area contributed by atoms with Crippen molar-refractivity contribution in [2.24, 2.45) is 0 Å². The number of pyridine rings is 1. The zero-order valence-electron chi connectivity index (χ0n) is 10.5. The molecule has 0 radical (unpaired) electrons. The molecule has 1 saturated heterocycles. The quantitative estimate of drug-likeness (QED) is 0.755. The molecule has 92 valence electrons. The average molecular weight is 250 g/mol. The second-order valence-electron chi connectivity index (χ2n) is 4.62. The SMILES string of the molecule is CC(=O)c1ccnc(N2CC(C)SC(C)C2)c1. The van der Waals surface area contributed by atoms with Gasteiger partial charge in [-0.3, -0.25) is 4.79 Å². The molecule has 0 aromatic carbocycles. The zero-order chi connectivity index (χ0) is 12.4. The molecule has 1 aliphatic rings. The Balaban J connectivity index is 2.21. The van der Waals surface area contributed by atoms with Gasteiger partial charge in [-0.05, 0) is 19.1 Å². The summed E-state index contributed by atoms with van der Waals surface area (Å²) in [6, 6.07) is 3.68. The van der Waals surface area contributed by atoms with Gasteiger partial charge in [-0.2, -0.15) is 11.8 Å². The molecular formula is C13H18N2OS. The van der Waals surface area contributed by atoms with Gasteiger partial charge in [0.2, 0.25) is 0 Å². The van der Waals surface area contributed by atoms with Gasteiger partial charge >= 0.3 is 0 Å². The monoisotopic (exact) mass is 250 g/mol. The van der Waals surface area contributed by atoms with Crippen LogP contribution in [0, 0.1) is 0 Å². The third-order valence-corrected chi connectivity index (χ3v) is 4.12. The fraction of sp³-hybridized carbons (Fsp3) is 0.538. The maximum atomic E-state index is 11.4. The maximum Gasteiger partial charge on any atom is 0.159 e. The van der Waals surface area contributed by atoms with E-state index in [0.717, 1.165) is 24.5 Å². The molecule has 0 aliphatic carbocycles. The normalized spacial score (nSPS) is 24.8. The molecule has 1 fully saturated rings. The molecule has 1 aromatic heterocycles. The van der Waals surface area contributed by atoms with Gasteiger partial charge in [0.25, 0.3) is 0 Å². The Morgan fingerprint density at radius 3 is 2.65 bits per heavy atom. The van der Waals surface area contributed by atoms with Crippen molar-refractivity contribution in [3.63, 3.8) is 0 Å². The Morgan fingerprint density at radius 1 is 1.41 bits per heavy atom. The van der Waals surface area contributed by atoms with Crippen molar-refractivity contribution >= 4 is 23.4 Å². The fourth-order valence-electron chi connectivity index (χ4n) is 2.18. The number of anilines is 1. The molecule has 1 aliphatic heterocycles. The molecule has 0 saturated carbocycles. The van der Waals surface area contributed by atoms with E-state index in [9.17, 15) is 4.79 Å². The Kier molecular flexibility index (Phi) is 3.72. The summed E-state index contributed by atoms with van der Waals surface area (Å²) in [4.78, 5) is 18.0. The summed E-state index contributed by atoms with van der Waals surface area (Å²) in [6.07, 6.45) is 1.73. The van der Waals surface area contributed by atoms with Crippen LogP contribution >= 0.6 is 11.8 Å². The smallest absolute Gasteiger partial charge is 0.159 e. The molecule has 2 atom stereocenters. The van der Waals surface area contributed by atoms with Gasteiger partial charge < -0.3 is 4.90 Å². The van der Waals surface area contributed by atoms with Gasteiger partial charge in [-0.1, -0.05) is 13.8 Å². The summed E-state index contributed by atoms with van der Waals surface area (Å²) in [5, 5.41) is 1.23. The number of hydrogen-bond donors (Lipinski definition) is 0. The van der Waals surface area contributed by atoms with E-state index in [1.165, 1.54) is 0 Å². The number of hydrogen-bond acceptors (Lipinski definition) is 4. The Labute approximate surface area is 107 Å². The lowest BCUT2D eigenvalue weighted by molar-refractivity contribution is 0.101. The van der Waals surface area contributed by atoms with Crippen LogP contribution < -0.4 is 4.90 Å². The number of nitrogens with zero attached hydrogens (tertiary/aromatic N) is 2. The van der Waals surface area contributed by atoms with Gasteiger partial charge in [-0.25, -0.2) is 4.98 Å². The number of rotatable bonds is 2. The lowest BCUT2D eigenvalue weighted by Gasteiger charge is -2.35. The lowest BCUT2D eigenvalue weighted by Crippen LogP contribution is -2.40. The number of Topliss-reactive ketones (excluding diaryl/α,β-unsaturated/α-hetero) is 1. The zero-order valence-corrected chi connectivity index (χ0v) is 11.3. The molecule has 17 heavy (non-hydrogen) atoms. The Bertz CT molecular complexity index is 412. The predicted molar refractivity (Wildman–Crippen MR) is 73.0 cm³/mol. The topological polar surface area (TPSA) is 33.2 Å². The van der Waals surface area contributed by atoms with Crippen LogP contribution in [0.5, 0.6) is 0 Å². The highest BCUT2D eigenvalue weighted by Gasteiger charge is 2.23. The predicted octanol–water partition coefficient (Wildman–Crippen LogP) is 2.61. The van der Waals surface area contributed by atoms with E-state index < -0.39 is 0 Å². The Morgan fingerprint density at radius 2 is 2.06 bits per heavy atom. The number of thioether (sulfide) groups is 1. The van der Waals surface area contributed by atoms with Gasteiger partial charge in [0, 0.05) is 35.3 Å². The first kappa shape index (κ1) is 12.4. The summed E-state index contributed by atoms with van der Waals surface area (Å²) in [5.41, 5.74) is 0.744. The van der Waals surface area contributed by atoms with Gasteiger partial charge in [0.15, 0.2) is 5.78 Å². The van der Waals surface area contributed by atoms with Crippen LogP contribution in [0.1, 0.15) is 31.1 Å². The molecule has 0 spiro atoms. The molecule has 0 amide bonds. The van der Waals surface area contributed by atoms with Crippen LogP contribution in [0.15, 0.2) is 18.3 Å². The second kappa shape index (κ2) is 5.08. The van der Waals surface area contributed by atoms with Crippen LogP contribution in [0.3, 0.4) is 0 Å².